The molecule has 0 aromatic heterocycles. The first-order valence-electron chi connectivity index (χ1n) is 9.08. The highest BCUT2D eigenvalue weighted by molar-refractivity contribution is 8.00. The summed E-state index contributed by atoms with van der Waals surface area (Å²) in [4.78, 5) is 14.5. The predicted octanol–water partition coefficient (Wildman–Crippen LogP) is 6.43. The van der Waals surface area contributed by atoms with Gasteiger partial charge in [0, 0.05) is 10.5 Å². The number of carbonyl (C=O) groups is 1. The monoisotopic (exact) mass is 368 g/mol. The van der Waals surface area contributed by atoms with Crippen molar-refractivity contribution in [3.63, 3.8) is 0 Å². The number of thioether (sulfide) groups is 1. The smallest absolute Gasteiger partial charge is 0.176 e. The lowest BCUT2D eigenvalue weighted by atomic mass is 9.99. The molecule has 1 nitrogen and oxygen atoms in total. The average Bonchev–Trinajstić information content (AvgIpc) is 2.74. The van der Waals surface area contributed by atoms with Crippen LogP contribution in [0.2, 0.25) is 0 Å². The van der Waals surface area contributed by atoms with Crippen LogP contribution in [0.3, 0.4) is 0 Å². The van der Waals surface area contributed by atoms with Gasteiger partial charge in [0.1, 0.15) is 0 Å². The molecular weight excluding hydrogens is 348 g/mol. The van der Waals surface area contributed by atoms with Gasteiger partial charge in [0.05, 0.1) is 5.25 Å². The second kappa shape index (κ2) is 8.24. The fraction of sp³-hybridized carbons (Fsp3) is 0.0800. The molecule has 0 aliphatic carbocycles. The number of Topliss-reactive ketones (excluding diaryl/α,β-unsaturated/α-hetero) is 1. The number of hydrogen-bond donors (Lipinski definition) is 0. The maximum absolute atomic E-state index is 13.4. The molecule has 2 heteroatoms. The van der Waals surface area contributed by atoms with E-state index < -0.39 is 0 Å². The van der Waals surface area contributed by atoms with Crippen LogP contribution in [-0.4, -0.2) is 11.0 Å². The minimum Gasteiger partial charge on any atom is -0.293 e. The summed E-state index contributed by atoms with van der Waals surface area (Å²) in [6.07, 6.45) is 0.714. The quantitative estimate of drug-likeness (QED) is 0.288. The van der Waals surface area contributed by atoms with Crippen LogP contribution in [0.5, 0.6) is 0 Å². The molecule has 27 heavy (non-hydrogen) atoms. The van der Waals surface area contributed by atoms with Gasteiger partial charge in [-0.2, -0.15) is 0 Å². The van der Waals surface area contributed by atoms with E-state index >= 15 is 0 Å². The largest absolute Gasteiger partial charge is 0.293 e. The summed E-state index contributed by atoms with van der Waals surface area (Å²) in [5, 5.41) is 2.10. The third-order valence-electron chi connectivity index (χ3n) is 4.61. The maximum atomic E-state index is 13.4. The van der Waals surface area contributed by atoms with Gasteiger partial charge in [-0.25, -0.2) is 0 Å². The van der Waals surface area contributed by atoms with Crippen molar-refractivity contribution in [1.82, 2.24) is 0 Å². The SMILES string of the molecule is O=C(c1ccc2ccccc2c1)C(Cc1ccccc1)Sc1ccccc1. The van der Waals surface area contributed by atoms with Gasteiger partial charge in [0.25, 0.3) is 0 Å². The number of benzene rings is 4. The molecule has 4 aromatic carbocycles. The van der Waals surface area contributed by atoms with Crippen LogP contribution in [0.1, 0.15) is 15.9 Å². The molecule has 0 N–H and O–H groups in total. The lowest BCUT2D eigenvalue weighted by Crippen LogP contribution is -2.20. The molecule has 0 saturated carbocycles. The second-order valence-electron chi connectivity index (χ2n) is 6.54. The molecule has 0 aliphatic heterocycles. The summed E-state index contributed by atoms with van der Waals surface area (Å²) < 4.78 is 0. The molecule has 0 heterocycles. The van der Waals surface area contributed by atoms with E-state index in [2.05, 4.69) is 36.4 Å². The number of ketones is 1. The Morgan fingerprint density at radius 2 is 1.33 bits per heavy atom. The van der Waals surface area contributed by atoms with E-state index in [0.717, 1.165) is 21.2 Å². The van der Waals surface area contributed by atoms with E-state index in [1.54, 1.807) is 11.8 Å². The van der Waals surface area contributed by atoms with Gasteiger partial charge in [-0.3, -0.25) is 4.79 Å². The predicted molar refractivity (Wildman–Crippen MR) is 115 cm³/mol. The molecular formula is C25H20OS. The van der Waals surface area contributed by atoms with Crippen molar-refractivity contribution in [1.29, 1.82) is 0 Å². The number of hydrogen-bond acceptors (Lipinski definition) is 2. The highest BCUT2D eigenvalue weighted by Gasteiger charge is 2.22. The standard InChI is InChI=1S/C25H20OS/c26-25(22-16-15-20-11-7-8-12-21(20)18-22)24(17-19-9-3-1-4-10-19)27-23-13-5-2-6-14-23/h1-16,18,24H,17H2. The van der Waals surface area contributed by atoms with Crippen molar-refractivity contribution in [2.24, 2.45) is 0 Å². The van der Waals surface area contributed by atoms with E-state index in [4.69, 9.17) is 0 Å². The molecule has 0 bridgehead atoms. The molecule has 0 spiro atoms. The van der Waals surface area contributed by atoms with E-state index in [1.165, 1.54) is 5.56 Å². The average molecular weight is 369 g/mol. The molecule has 0 radical (unpaired) electrons. The summed E-state index contributed by atoms with van der Waals surface area (Å²) in [6, 6.07) is 34.6. The van der Waals surface area contributed by atoms with E-state index in [0.29, 0.717) is 6.42 Å². The van der Waals surface area contributed by atoms with Crippen LogP contribution in [0.15, 0.2) is 108 Å². The van der Waals surface area contributed by atoms with Crippen molar-refractivity contribution in [3.8, 4) is 0 Å². The number of rotatable bonds is 6. The molecule has 4 rings (SSSR count). The third-order valence-corrected chi connectivity index (χ3v) is 5.82. The van der Waals surface area contributed by atoms with Crippen molar-refractivity contribution in [2.75, 3.05) is 0 Å². The minimum absolute atomic E-state index is 0.157. The Hall–Kier alpha value is -2.84. The highest BCUT2D eigenvalue weighted by Crippen LogP contribution is 2.29. The molecule has 0 amide bonds. The lowest BCUT2D eigenvalue weighted by Gasteiger charge is -2.16. The Kier molecular flexibility index (Phi) is 5.36. The summed E-state index contributed by atoms with van der Waals surface area (Å²) in [5.74, 6) is 0.179. The van der Waals surface area contributed by atoms with E-state index in [9.17, 15) is 4.79 Å². The first-order valence-corrected chi connectivity index (χ1v) is 9.96. The Morgan fingerprint density at radius 1 is 0.704 bits per heavy atom. The van der Waals surface area contributed by atoms with Crippen LogP contribution < -0.4 is 0 Å². The molecule has 0 aliphatic rings. The van der Waals surface area contributed by atoms with E-state index in [-0.39, 0.29) is 11.0 Å². The first kappa shape index (κ1) is 17.6. The normalized spacial score (nSPS) is 12.0. The summed E-state index contributed by atoms with van der Waals surface area (Å²) in [7, 11) is 0. The fourth-order valence-corrected chi connectivity index (χ4v) is 4.37. The molecule has 1 atom stereocenters. The molecule has 0 fully saturated rings. The zero-order valence-corrected chi connectivity index (χ0v) is 15.7. The third kappa shape index (κ3) is 4.29. The van der Waals surface area contributed by atoms with Gasteiger partial charge in [-0.1, -0.05) is 84.9 Å². The Morgan fingerprint density at radius 3 is 2.07 bits per heavy atom. The summed E-state index contributed by atoms with van der Waals surface area (Å²) in [6.45, 7) is 0. The lowest BCUT2D eigenvalue weighted by molar-refractivity contribution is 0.0989. The second-order valence-corrected chi connectivity index (χ2v) is 7.81. The maximum Gasteiger partial charge on any atom is 0.176 e. The van der Waals surface area contributed by atoms with E-state index in [1.807, 2.05) is 66.7 Å². The van der Waals surface area contributed by atoms with Gasteiger partial charge in [0.15, 0.2) is 5.78 Å². The van der Waals surface area contributed by atoms with Crippen molar-refractivity contribution >= 4 is 28.3 Å². The fourth-order valence-electron chi connectivity index (χ4n) is 3.21. The Labute approximate surface area is 164 Å². The van der Waals surface area contributed by atoms with Crippen molar-refractivity contribution in [3.05, 3.63) is 114 Å². The Bertz CT molecular complexity index is 1000. The minimum atomic E-state index is -0.157. The van der Waals surface area contributed by atoms with Gasteiger partial charge in [-0.05, 0) is 41.0 Å². The van der Waals surface area contributed by atoms with Crippen LogP contribution in [0, 0.1) is 0 Å². The van der Waals surface area contributed by atoms with Gasteiger partial charge >= 0.3 is 0 Å². The highest BCUT2D eigenvalue weighted by atomic mass is 32.2. The van der Waals surface area contributed by atoms with Crippen molar-refractivity contribution < 1.29 is 4.79 Å². The molecule has 1 unspecified atom stereocenters. The van der Waals surface area contributed by atoms with Crippen LogP contribution >= 0.6 is 11.8 Å². The van der Waals surface area contributed by atoms with Gasteiger partial charge in [-0.15, -0.1) is 11.8 Å². The van der Waals surface area contributed by atoms with Crippen LogP contribution in [0.25, 0.3) is 10.8 Å². The summed E-state index contributed by atoms with van der Waals surface area (Å²) in [5.41, 5.74) is 1.96. The summed E-state index contributed by atoms with van der Waals surface area (Å²) >= 11 is 1.64. The van der Waals surface area contributed by atoms with Gasteiger partial charge < -0.3 is 0 Å². The number of carbonyl (C=O) groups excluding carboxylic acids is 1. The number of fused-ring (bicyclic) bond motifs is 1. The topological polar surface area (TPSA) is 17.1 Å². The molecule has 0 saturated heterocycles. The zero-order chi connectivity index (χ0) is 18.5. The van der Waals surface area contributed by atoms with Gasteiger partial charge in [0.2, 0.25) is 0 Å². The first-order chi connectivity index (χ1) is 13.3. The Balaban J connectivity index is 1.66. The van der Waals surface area contributed by atoms with Crippen LogP contribution in [-0.2, 0) is 6.42 Å². The van der Waals surface area contributed by atoms with Crippen LogP contribution in [0.4, 0.5) is 0 Å². The van der Waals surface area contributed by atoms with Crippen molar-refractivity contribution in [2.45, 2.75) is 16.6 Å². The molecule has 132 valence electrons. The molecule has 4 aromatic rings. The zero-order valence-electron chi connectivity index (χ0n) is 14.9.